The number of carbonyl (C=O) groups is 1. The van der Waals surface area contributed by atoms with Crippen LogP contribution in [0.2, 0.25) is 0 Å². The van der Waals surface area contributed by atoms with Crippen LogP contribution in [0.3, 0.4) is 0 Å². The van der Waals surface area contributed by atoms with E-state index in [-0.39, 0.29) is 11.9 Å². The van der Waals surface area contributed by atoms with Gasteiger partial charge in [0.15, 0.2) is 5.96 Å². The molecule has 2 unspecified atom stereocenters. The van der Waals surface area contributed by atoms with Crippen LogP contribution >= 0.6 is 0 Å². The first-order chi connectivity index (χ1) is 13.1. The Kier molecular flexibility index (Phi) is 9.34. The number of guanidine groups is 1. The molecule has 0 amide bonds. The summed E-state index contributed by atoms with van der Waals surface area (Å²) in [6.07, 6.45) is 1.89. The summed E-state index contributed by atoms with van der Waals surface area (Å²) in [5.74, 6) is 1.32. The number of aliphatic imine (C=N–C) groups is 1. The lowest BCUT2D eigenvalue weighted by Gasteiger charge is -2.37. The van der Waals surface area contributed by atoms with Crippen molar-refractivity contribution in [2.45, 2.75) is 46.6 Å². The van der Waals surface area contributed by atoms with Gasteiger partial charge in [-0.1, -0.05) is 13.8 Å². The zero-order valence-corrected chi connectivity index (χ0v) is 17.6. The molecule has 2 rings (SSSR count). The summed E-state index contributed by atoms with van der Waals surface area (Å²) in [6, 6.07) is 0.410. The number of piperidine rings is 1. The van der Waals surface area contributed by atoms with Crippen molar-refractivity contribution in [3.8, 4) is 0 Å². The Bertz CT molecular complexity index is 478. The first kappa shape index (κ1) is 22.0. The van der Waals surface area contributed by atoms with Crippen LogP contribution in [0.15, 0.2) is 4.99 Å². The summed E-state index contributed by atoms with van der Waals surface area (Å²) in [5, 5.41) is 3.42. The highest BCUT2D eigenvalue weighted by molar-refractivity contribution is 5.81. The van der Waals surface area contributed by atoms with Gasteiger partial charge in [-0.05, 0) is 32.6 Å². The van der Waals surface area contributed by atoms with Crippen molar-refractivity contribution >= 4 is 11.9 Å². The van der Waals surface area contributed by atoms with Crippen molar-refractivity contribution < 1.29 is 14.3 Å². The fourth-order valence-electron chi connectivity index (χ4n) is 3.88. The van der Waals surface area contributed by atoms with Crippen molar-refractivity contribution in [3.05, 3.63) is 0 Å². The standard InChI is InChI=1S/C20H38N4O3/c1-5-21-20(24-9-7-8-17(15-24)19(25)27-6-2)22-14-18(16(3)4)23-10-12-26-13-11-23/h16-18H,5-15H2,1-4H3,(H,21,22). The molecule has 0 aromatic carbocycles. The normalized spacial score (nSPS) is 23.4. The number of nitrogens with one attached hydrogen (secondary N) is 1. The number of hydrogen-bond acceptors (Lipinski definition) is 5. The molecule has 0 saturated carbocycles. The average Bonchev–Trinajstić information content (AvgIpc) is 2.68. The molecule has 0 radical (unpaired) electrons. The quantitative estimate of drug-likeness (QED) is 0.410. The molecule has 1 N–H and O–H groups in total. The van der Waals surface area contributed by atoms with E-state index in [4.69, 9.17) is 14.5 Å². The number of morpholine rings is 1. The van der Waals surface area contributed by atoms with Gasteiger partial charge in [-0.2, -0.15) is 0 Å². The lowest BCUT2D eigenvalue weighted by atomic mass is 9.98. The minimum absolute atomic E-state index is 0.0531. The summed E-state index contributed by atoms with van der Waals surface area (Å²) < 4.78 is 10.7. The Hall–Kier alpha value is -1.34. The molecular formula is C20H38N4O3. The molecule has 2 aliphatic heterocycles. The summed E-state index contributed by atoms with van der Waals surface area (Å²) in [7, 11) is 0. The Morgan fingerprint density at radius 2 is 2.00 bits per heavy atom. The minimum atomic E-state index is -0.0774. The van der Waals surface area contributed by atoms with Gasteiger partial charge in [-0.25, -0.2) is 0 Å². The molecule has 2 heterocycles. The Morgan fingerprint density at radius 3 is 2.63 bits per heavy atom. The first-order valence-electron chi connectivity index (χ1n) is 10.6. The third-order valence-electron chi connectivity index (χ3n) is 5.39. The zero-order valence-electron chi connectivity index (χ0n) is 17.6. The highest BCUT2D eigenvalue weighted by Crippen LogP contribution is 2.19. The van der Waals surface area contributed by atoms with Crippen molar-refractivity contribution in [1.29, 1.82) is 0 Å². The number of carbonyl (C=O) groups excluding carboxylic acids is 1. The number of likely N-dealkylation sites (tertiary alicyclic amines) is 1. The monoisotopic (exact) mass is 382 g/mol. The predicted molar refractivity (Wildman–Crippen MR) is 108 cm³/mol. The molecule has 0 bridgehead atoms. The molecular weight excluding hydrogens is 344 g/mol. The predicted octanol–water partition coefficient (Wildman–Crippen LogP) is 1.58. The summed E-state index contributed by atoms with van der Waals surface area (Å²) in [5.41, 5.74) is 0. The van der Waals surface area contributed by atoms with E-state index in [9.17, 15) is 4.79 Å². The second-order valence-electron chi connectivity index (χ2n) is 7.69. The maximum absolute atomic E-state index is 12.2. The number of rotatable bonds is 7. The van der Waals surface area contributed by atoms with Crippen LogP contribution in [0.4, 0.5) is 0 Å². The summed E-state index contributed by atoms with van der Waals surface area (Å²) in [6.45, 7) is 15.7. The molecule has 156 valence electrons. The lowest BCUT2D eigenvalue weighted by molar-refractivity contribution is -0.149. The Labute approximate surface area is 164 Å². The van der Waals surface area contributed by atoms with Crippen molar-refractivity contribution in [3.63, 3.8) is 0 Å². The summed E-state index contributed by atoms with van der Waals surface area (Å²) >= 11 is 0. The Morgan fingerprint density at radius 1 is 1.26 bits per heavy atom. The van der Waals surface area contributed by atoms with Crippen molar-refractivity contribution in [1.82, 2.24) is 15.1 Å². The Balaban J connectivity index is 2.03. The average molecular weight is 383 g/mol. The fourth-order valence-corrected chi connectivity index (χ4v) is 3.88. The first-order valence-corrected chi connectivity index (χ1v) is 10.6. The van der Waals surface area contributed by atoms with E-state index in [2.05, 4.69) is 35.9 Å². The van der Waals surface area contributed by atoms with Crippen molar-refractivity contribution in [2.24, 2.45) is 16.8 Å². The smallest absolute Gasteiger partial charge is 0.310 e. The van der Waals surface area contributed by atoms with Gasteiger partial charge in [-0.15, -0.1) is 0 Å². The zero-order chi connectivity index (χ0) is 19.6. The van der Waals surface area contributed by atoms with Crippen LogP contribution in [0.1, 0.15) is 40.5 Å². The topological polar surface area (TPSA) is 66.4 Å². The minimum Gasteiger partial charge on any atom is -0.466 e. The van der Waals surface area contributed by atoms with Crippen LogP contribution in [0.5, 0.6) is 0 Å². The highest BCUT2D eigenvalue weighted by atomic mass is 16.5. The van der Waals surface area contributed by atoms with Crippen LogP contribution in [-0.2, 0) is 14.3 Å². The highest BCUT2D eigenvalue weighted by Gasteiger charge is 2.29. The van der Waals surface area contributed by atoms with Gasteiger partial charge in [0.05, 0.1) is 32.3 Å². The molecule has 7 heteroatoms. The van der Waals surface area contributed by atoms with E-state index < -0.39 is 0 Å². The molecule has 2 atom stereocenters. The maximum Gasteiger partial charge on any atom is 0.310 e. The number of hydrogen-bond donors (Lipinski definition) is 1. The van der Waals surface area contributed by atoms with E-state index in [0.29, 0.717) is 25.1 Å². The van der Waals surface area contributed by atoms with Gasteiger partial charge in [-0.3, -0.25) is 14.7 Å². The van der Waals surface area contributed by atoms with Gasteiger partial charge in [0, 0.05) is 38.8 Å². The van der Waals surface area contributed by atoms with Crippen LogP contribution < -0.4 is 5.32 Å². The van der Waals surface area contributed by atoms with Gasteiger partial charge < -0.3 is 19.7 Å². The lowest BCUT2D eigenvalue weighted by Crippen LogP contribution is -2.50. The van der Waals surface area contributed by atoms with Gasteiger partial charge in [0.1, 0.15) is 0 Å². The van der Waals surface area contributed by atoms with Gasteiger partial charge in [0.2, 0.25) is 0 Å². The molecule has 0 aliphatic carbocycles. The van der Waals surface area contributed by atoms with Crippen LogP contribution in [0, 0.1) is 11.8 Å². The molecule has 0 spiro atoms. The van der Waals surface area contributed by atoms with Crippen molar-refractivity contribution in [2.75, 3.05) is 59.1 Å². The van der Waals surface area contributed by atoms with E-state index in [0.717, 1.165) is 64.7 Å². The second kappa shape index (κ2) is 11.5. The maximum atomic E-state index is 12.2. The SMILES string of the molecule is CCNC(=NCC(C(C)C)N1CCOCC1)N1CCCC(C(=O)OCC)C1. The van der Waals surface area contributed by atoms with Crippen LogP contribution in [0.25, 0.3) is 0 Å². The van der Waals surface area contributed by atoms with Gasteiger partial charge >= 0.3 is 5.97 Å². The molecule has 27 heavy (non-hydrogen) atoms. The largest absolute Gasteiger partial charge is 0.466 e. The number of ether oxygens (including phenoxy) is 2. The molecule has 2 fully saturated rings. The molecule has 7 nitrogen and oxygen atoms in total. The molecule has 2 aliphatic rings. The summed E-state index contributed by atoms with van der Waals surface area (Å²) in [4.78, 5) is 21.9. The number of esters is 1. The number of nitrogens with zero attached hydrogens (tertiary/aromatic N) is 3. The molecule has 2 saturated heterocycles. The van der Waals surface area contributed by atoms with E-state index in [1.54, 1.807) is 0 Å². The second-order valence-corrected chi connectivity index (χ2v) is 7.69. The fraction of sp³-hybridized carbons (Fsp3) is 0.900. The van der Waals surface area contributed by atoms with E-state index >= 15 is 0 Å². The van der Waals surface area contributed by atoms with E-state index in [1.165, 1.54) is 0 Å². The van der Waals surface area contributed by atoms with Crippen LogP contribution in [-0.4, -0.2) is 86.9 Å². The third kappa shape index (κ3) is 6.64. The molecule has 0 aromatic rings. The third-order valence-corrected chi connectivity index (χ3v) is 5.39. The molecule has 0 aromatic heterocycles. The van der Waals surface area contributed by atoms with E-state index in [1.807, 2.05) is 6.92 Å². The van der Waals surface area contributed by atoms with Gasteiger partial charge in [0.25, 0.3) is 0 Å².